The van der Waals surface area contributed by atoms with E-state index in [9.17, 15) is 0 Å². The second kappa shape index (κ2) is 10.2. The van der Waals surface area contributed by atoms with Crippen molar-refractivity contribution in [1.29, 1.82) is 0 Å². The molecule has 3 aromatic heterocycles. The molecule has 0 bridgehead atoms. The van der Waals surface area contributed by atoms with Gasteiger partial charge >= 0.3 is 0 Å². The molecule has 210 valence electrons. The second-order valence-electron chi connectivity index (χ2n) is 10.0. The quantitative estimate of drug-likeness (QED) is 0.241. The molecule has 0 unspecified atom stereocenters. The van der Waals surface area contributed by atoms with Crippen molar-refractivity contribution in [2.75, 3.05) is 14.2 Å². The summed E-state index contributed by atoms with van der Waals surface area (Å²) in [5.74, 6) is 3.28. The number of rotatable bonds is 7. The van der Waals surface area contributed by atoms with Crippen LogP contribution < -0.4 is 18.9 Å². The number of methoxy groups -OCH3 is 2. The molecule has 10 heteroatoms. The molecule has 0 saturated carbocycles. The lowest BCUT2D eigenvalue weighted by Crippen LogP contribution is -2.16. The number of ether oxygens (including phenoxy) is 4. The minimum absolute atomic E-state index is 0.208. The van der Waals surface area contributed by atoms with Crippen LogP contribution in [0.5, 0.6) is 29.0 Å². The van der Waals surface area contributed by atoms with Crippen molar-refractivity contribution < 1.29 is 18.9 Å². The van der Waals surface area contributed by atoms with Crippen molar-refractivity contribution in [3.8, 4) is 34.7 Å². The van der Waals surface area contributed by atoms with Crippen molar-refractivity contribution in [3.63, 3.8) is 0 Å². The predicted molar refractivity (Wildman–Crippen MR) is 155 cm³/mol. The van der Waals surface area contributed by atoms with Crippen molar-refractivity contribution in [1.82, 2.24) is 29.4 Å². The van der Waals surface area contributed by atoms with E-state index in [4.69, 9.17) is 29.0 Å². The van der Waals surface area contributed by atoms with E-state index in [2.05, 4.69) is 10.1 Å². The van der Waals surface area contributed by atoms with Crippen molar-refractivity contribution in [3.05, 3.63) is 113 Å². The molecular formula is C32H28N6O4. The smallest absolute Gasteiger partial charge is 0.230 e. The van der Waals surface area contributed by atoms with E-state index in [-0.39, 0.29) is 12.5 Å². The fraction of sp³-hybridized carbons (Fsp3) is 0.188. The van der Waals surface area contributed by atoms with Gasteiger partial charge in [-0.2, -0.15) is 5.10 Å². The van der Waals surface area contributed by atoms with Crippen molar-refractivity contribution in [2.45, 2.75) is 26.4 Å². The molecule has 0 radical (unpaired) electrons. The Morgan fingerprint density at radius 3 is 2.40 bits per heavy atom. The highest BCUT2D eigenvalue weighted by Crippen LogP contribution is 2.50. The van der Waals surface area contributed by atoms with Gasteiger partial charge in [0.15, 0.2) is 23.0 Å². The van der Waals surface area contributed by atoms with Crippen LogP contribution in [0.1, 0.15) is 39.7 Å². The summed E-state index contributed by atoms with van der Waals surface area (Å²) in [6.45, 7) is 4.20. The van der Waals surface area contributed by atoms with Gasteiger partial charge in [0, 0.05) is 0 Å². The third-order valence-electron chi connectivity index (χ3n) is 7.46. The van der Waals surface area contributed by atoms with E-state index in [1.165, 1.54) is 0 Å². The average molecular weight is 561 g/mol. The Hall–Kier alpha value is -5.38. The summed E-state index contributed by atoms with van der Waals surface area (Å²) in [4.78, 5) is 9.60. The maximum atomic E-state index is 6.52. The maximum Gasteiger partial charge on any atom is 0.230 e. The first-order chi connectivity index (χ1) is 20.6. The Balaban J connectivity index is 1.40. The normalized spacial score (nSPS) is 13.8. The van der Waals surface area contributed by atoms with E-state index < -0.39 is 0 Å². The van der Waals surface area contributed by atoms with Crippen LogP contribution in [-0.2, 0) is 6.61 Å². The van der Waals surface area contributed by atoms with Gasteiger partial charge in [-0.15, -0.1) is 5.10 Å². The Morgan fingerprint density at radius 1 is 0.833 bits per heavy atom. The fourth-order valence-electron chi connectivity index (χ4n) is 5.45. The number of aryl methyl sites for hydroxylation is 2. The highest BCUT2D eigenvalue weighted by molar-refractivity contribution is 5.67. The number of fused-ring (bicyclic) bond motifs is 4. The maximum absolute atomic E-state index is 6.52. The largest absolute Gasteiger partial charge is 0.493 e. The summed E-state index contributed by atoms with van der Waals surface area (Å²) in [5, 5.41) is 9.58. The molecule has 4 heterocycles. The number of para-hydroxylation sites is 2. The molecule has 1 atom stereocenters. The van der Waals surface area contributed by atoms with Crippen LogP contribution in [-0.4, -0.2) is 43.6 Å². The monoisotopic (exact) mass is 560 g/mol. The predicted octanol–water partition coefficient (Wildman–Crippen LogP) is 5.81. The Morgan fingerprint density at radius 2 is 1.62 bits per heavy atom. The molecule has 1 aliphatic rings. The van der Waals surface area contributed by atoms with Crippen LogP contribution in [0.25, 0.3) is 11.3 Å². The Kier molecular flexibility index (Phi) is 6.23. The molecule has 0 amide bonds. The molecule has 0 spiro atoms. The topological polar surface area (TPSA) is 97.8 Å². The van der Waals surface area contributed by atoms with Gasteiger partial charge in [0.1, 0.15) is 18.7 Å². The molecular weight excluding hydrogens is 532 g/mol. The number of benzene rings is 3. The number of aromatic nitrogens is 6. The first-order valence-corrected chi connectivity index (χ1v) is 13.5. The van der Waals surface area contributed by atoms with Gasteiger partial charge in [0.2, 0.25) is 11.8 Å². The molecule has 1 aliphatic heterocycles. The molecule has 0 fully saturated rings. The first-order valence-electron chi connectivity index (χ1n) is 13.5. The summed E-state index contributed by atoms with van der Waals surface area (Å²) in [5.41, 5.74) is 6.02. The molecule has 0 aliphatic carbocycles. The molecule has 10 nitrogen and oxygen atoms in total. The fourth-order valence-corrected chi connectivity index (χ4v) is 5.45. The number of hydrogen-bond donors (Lipinski definition) is 0. The molecule has 42 heavy (non-hydrogen) atoms. The summed E-state index contributed by atoms with van der Waals surface area (Å²) in [6.07, 6.45) is 1.62. The summed E-state index contributed by atoms with van der Waals surface area (Å²) in [6, 6.07) is 23.7. The van der Waals surface area contributed by atoms with Gasteiger partial charge in [-0.25, -0.2) is 19.2 Å². The highest BCUT2D eigenvalue weighted by atomic mass is 16.5. The van der Waals surface area contributed by atoms with Crippen LogP contribution in [0, 0.1) is 13.8 Å². The molecule has 0 N–H and O–H groups in total. The second-order valence-corrected chi connectivity index (χ2v) is 10.0. The average Bonchev–Trinajstić information content (AvgIpc) is 3.60. The van der Waals surface area contributed by atoms with E-state index in [1.54, 1.807) is 25.1 Å². The van der Waals surface area contributed by atoms with Gasteiger partial charge in [0.25, 0.3) is 0 Å². The summed E-state index contributed by atoms with van der Waals surface area (Å²) >= 11 is 0. The zero-order chi connectivity index (χ0) is 28.8. The van der Waals surface area contributed by atoms with Gasteiger partial charge in [0.05, 0.1) is 42.6 Å². The standard InChI is InChI=1S/C32H28N6O4/c1-19-10-8-9-13-23(19)41-17-26-34-30-29-28(21-14-15-24(39-3)25(16-21)40-4)27-20(2)35-38(22-11-6-5-7-12-22)32(27)42-31(29)33-18-37(30)36-26/h5-16,18,28H,17H2,1-4H3/t28-/m1/s1. The minimum Gasteiger partial charge on any atom is -0.493 e. The van der Waals surface area contributed by atoms with Gasteiger partial charge in [-0.05, 0) is 55.3 Å². The van der Waals surface area contributed by atoms with Crippen LogP contribution in [0.4, 0.5) is 0 Å². The molecule has 0 saturated heterocycles. The van der Waals surface area contributed by atoms with Gasteiger partial charge < -0.3 is 18.9 Å². The minimum atomic E-state index is -0.327. The third kappa shape index (κ3) is 4.19. The number of hydrogen-bond acceptors (Lipinski definition) is 8. The van der Waals surface area contributed by atoms with E-state index >= 15 is 0 Å². The lowest BCUT2D eigenvalue weighted by Gasteiger charge is -2.26. The molecule has 3 aromatic carbocycles. The Bertz CT molecular complexity index is 1930. The zero-order valence-electron chi connectivity index (χ0n) is 23.6. The molecule has 6 aromatic rings. The zero-order valence-corrected chi connectivity index (χ0v) is 23.6. The van der Waals surface area contributed by atoms with Crippen LogP contribution in [0.3, 0.4) is 0 Å². The van der Waals surface area contributed by atoms with Crippen molar-refractivity contribution in [2.24, 2.45) is 0 Å². The lowest BCUT2D eigenvalue weighted by molar-refractivity contribution is 0.294. The Labute approximate surface area is 242 Å². The summed E-state index contributed by atoms with van der Waals surface area (Å²) in [7, 11) is 3.25. The van der Waals surface area contributed by atoms with Gasteiger partial charge in [-0.1, -0.05) is 42.5 Å². The van der Waals surface area contributed by atoms with Crippen LogP contribution >= 0.6 is 0 Å². The lowest BCUT2D eigenvalue weighted by atomic mass is 9.84. The number of nitrogens with zero attached hydrogens (tertiary/aromatic N) is 6. The SMILES string of the molecule is COc1ccc([C@@H]2c3c(C)nn(-c4ccccc4)c3Oc3ncn4nc(COc5ccccc5C)nc4c32)cc1OC. The van der Waals surface area contributed by atoms with E-state index in [0.29, 0.717) is 34.7 Å². The van der Waals surface area contributed by atoms with Crippen LogP contribution in [0.15, 0.2) is 79.1 Å². The van der Waals surface area contributed by atoms with E-state index in [1.807, 2.05) is 91.3 Å². The summed E-state index contributed by atoms with van der Waals surface area (Å²) < 4.78 is 27.3. The van der Waals surface area contributed by atoms with E-state index in [0.717, 1.165) is 39.4 Å². The van der Waals surface area contributed by atoms with Gasteiger partial charge in [-0.3, -0.25) is 0 Å². The van der Waals surface area contributed by atoms with Crippen LogP contribution in [0.2, 0.25) is 0 Å². The first kappa shape index (κ1) is 25.6. The molecule has 7 rings (SSSR count). The van der Waals surface area contributed by atoms with Crippen molar-refractivity contribution >= 4 is 5.65 Å². The highest BCUT2D eigenvalue weighted by Gasteiger charge is 2.38. The third-order valence-corrected chi connectivity index (χ3v) is 7.46.